The molecule has 0 spiro atoms. The molecule has 1 aromatic heterocycles. The lowest BCUT2D eigenvalue weighted by Gasteiger charge is -2.12. The first-order valence-corrected chi connectivity index (χ1v) is 12.2. The minimum Gasteiger partial charge on any atom is -0.493 e. The average Bonchev–Trinajstić information content (AvgIpc) is 3.42. The van der Waals surface area contributed by atoms with E-state index in [2.05, 4.69) is 15.7 Å². The van der Waals surface area contributed by atoms with Gasteiger partial charge in [-0.05, 0) is 29.7 Å². The van der Waals surface area contributed by atoms with E-state index in [1.807, 2.05) is 36.4 Å². The molecule has 2 aromatic carbocycles. The van der Waals surface area contributed by atoms with Crippen LogP contribution in [-0.4, -0.2) is 42.4 Å². The van der Waals surface area contributed by atoms with Gasteiger partial charge in [-0.1, -0.05) is 36.4 Å². The number of carbonyl (C=O) groups is 2. The van der Waals surface area contributed by atoms with Gasteiger partial charge in [0.2, 0.25) is 11.8 Å². The molecule has 0 atom stereocenters. The molecule has 0 radical (unpaired) electrons. The van der Waals surface area contributed by atoms with Crippen LogP contribution in [0.25, 0.3) is 0 Å². The van der Waals surface area contributed by atoms with E-state index in [4.69, 9.17) is 9.47 Å². The number of fused-ring (bicyclic) bond motifs is 1. The van der Waals surface area contributed by atoms with Crippen molar-refractivity contribution in [1.82, 2.24) is 15.1 Å². The first kappa shape index (κ1) is 23.7. The number of anilines is 1. The zero-order valence-electron chi connectivity index (χ0n) is 19.3. The molecule has 1 aliphatic heterocycles. The Bertz CT molecular complexity index is 1160. The molecule has 8 nitrogen and oxygen atoms in total. The van der Waals surface area contributed by atoms with Crippen molar-refractivity contribution in [3.8, 4) is 11.5 Å². The largest absolute Gasteiger partial charge is 0.493 e. The molecule has 2 heterocycles. The molecule has 1 aliphatic rings. The molecule has 0 bridgehead atoms. The van der Waals surface area contributed by atoms with Crippen molar-refractivity contribution in [3.63, 3.8) is 0 Å². The Morgan fingerprint density at radius 1 is 1.00 bits per heavy atom. The predicted molar refractivity (Wildman–Crippen MR) is 132 cm³/mol. The van der Waals surface area contributed by atoms with Crippen LogP contribution in [0.15, 0.2) is 48.5 Å². The summed E-state index contributed by atoms with van der Waals surface area (Å²) >= 11 is 1.74. The number of benzene rings is 2. The van der Waals surface area contributed by atoms with E-state index in [1.54, 1.807) is 42.8 Å². The number of aromatic nitrogens is 2. The maximum Gasteiger partial charge on any atom is 0.241 e. The zero-order chi connectivity index (χ0) is 23.9. The number of methoxy groups -OCH3 is 2. The maximum atomic E-state index is 12.9. The number of ether oxygens (including phenoxy) is 2. The Morgan fingerprint density at radius 2 is 1.79 bits per heavy atom. The zero-order valence-corrected chi connectivity index (χ0v) is 20.1. The Balaban J connectivity index is 1.40. The predicted octanol–water partition coefficient (Wildman–Crippen LogP) is 3.19. The first-order valence-electron chi connectivity index (χ1n) is 11.0. The molecular formula is C25H28N4O4S. The summed E-state index contributed by atoms with van der Waals surface area (Å²) in [4.78, 5) is 25.4. The molecule has 0 aliphatic carbocycles. The summed E-state index contributed by atoms with van der Waals surface area (Å²) in [6, 6.07) is 15.4. The van der Waals surface area contributed by atoms with Gasteiger partial charge < -0.3 is 20.1 Å². The molecule has 0 saturated carbocycles. The van der Waals surface area contributed by atoms with Crippen molar-refractivity contribution in [2.24, 2.45) is 0 Å². The highest BCUT2D eigenvalue weighted by atomic mass is 32.2. The second kappa shape index (κ2) is 11.1. The number of thioether (sulfide) groups is 1. The summed E-state index contributed by atoms with van der Waals surface area (Å²) in [5.74, 6) is 2.99. The van der Waals surface area contributed by atoms with Crippen molar-refractivity contribution in [2.45, 2.75) is 30.9 Å². The van der Waals surface area contributed by atoms with Crippen LogP contribution in [0.5, 0.6) is 11.5 Å². The molecule has 4 rings (SSSR count). The van der Waals surface area contributed by atoms with Crippen molar-refractivity contribution in [1.29, 1.82) is 0 Å². The Hall–Kier alpha value is -3.46. The minimum absolute atomic E-state index is 0.0540. The summed E-state index contributed by atoms with van der Waals surface area (Å²) in [5.41, 5.74) is 3.87. The number of hydrogen-bond acceptors (Lipinski definition) is 6. The Kier molecular flexibility index (Phi) is 7.74. The lowest BCUT2D eigenvalue weighted by atomic mass is 10.1. The van der Waals surface area contributed by atoms with Gasteiger partial charge in [-0.2, -0.15) is 16.9 Å². The van der Waals surface area contributed by atoms with Gasteiger partial charge in [-0.15, -0.1) is 0 Å². The van der Waals surface area contributed by atoms with Crippen molar-refractivity contribution < 1.29 is 19.1 Å². The summed E-state index contributed by atoms with van der Waals surface area (Å²) in [6.45, 7) is 0.596. The summed E-state index contributed by atoms with van der Waals surface area (Å²) in [5, 5.41) is 10.5. The third-order valence-corrected chi connectivity index (χ3v) is 6.53. The van der Waals surface area contributed by atoms with Crippen molar-refractivity contribution in [3.05, 3.63) is 70.9 Å². The summed E-state index contributed by atoms with van der Waals surface area (Å²) < 4.78 is 12.2. The number of hydrogen-bond donors (Lipinski definition) is 2. The number of rotatable bonds is 10. The van der Waals surface area contributed by atoms with Crippen LogP contribution in [0.1, 0.15) is 22.4 Å². The normalized spacial score (nSPS) is 12.2. The van der Waals surface area contributed by atoms with Crippen molar-refractivity contribution >= 4 is 29.4 Å². The standard InChI is InChI=1S/C25H28N4O4S/c1-32-21-9-8-18(12-22(21)33-2)13-23(30)27-25-19-15-34-16-20(19)28-29(25)14-24(31)26-11-10-17-6-4-3-5-7-17/h3-9,12H,10-11,13-16H2,1-2H3,(H,26,31)(H,27,30). The van der Waals surface area contributed by atoms with E-state index in [1.165, 1.54) is 5.56 Å². The van der Waals surface area contributed by atoms with E-state index >= 15 is 0 Å². The average molecular weight is 481 g/mol. The highest BCUT2D eigenvalue weighted by Gasteiger charge is 2.25. The van der Waals surface area contributed by atoms with Gasteiger partial charge in [0.25, 0.3) is 0 Å². The van der Waals surface area contributed by atoms with E-state index in [9.17, 15) is 9.59 Å². The fourth-order valence-electron chi connectivity index (χ4n) is 3.86. The van der Waals surface area contributed by atoms with Crippen molar-refractivity contribution in [2.75, 3.05) is 26.1 Å². The van der Waals surface area contributed by atoms with Gasteiger partial charge in [0.15, 0.2) is 11.5 Å². The quantitative estimate of drug-likeness (QED) is 0.463. The van der Waals surface area contributed by atoms with Gasteiger partial charge in [-0.25, -0.2) is 4.68 Å². The fourth-order valence-corrected chi connectivity index (χ4v) is 4.89. The van der Waals surface area contributed by atoms with Crippen LogP contribution in [0, 0.1) is 0 Å². The molecule has 2 N–H and O–H groups in total. The fraction of sp³-hybridized carbons (Fsp3) is 0.320. The number of nitrogens with zero attached hydrogens (tertiary/aromatic N) is 2. The SMILES string of the molecule is COc1ccc(CC(=O)Nc2c3c(nn2CC(=O)NCCc2ccccc2)CSC3)cc1OC. The van der Waals surface area contributed by atoms with Crippen LogP contribution < -0.4 is 20.1 Å². The molecule has 2 amide bonds. The van der Waals surface area contributed by atoms with Gasteiger partial charge in [-0.3, -0.25) is 9.59 Å². The van der Waals surface area contributed by atoms with Crippen LogP contribution in [-0.2, 0) is 40.5 Å². The number of amides is 2. The lowest BCUT2D eigenvalue weighted by Crippen LogP contribution is -2.30. The molecule has 9 heteroatoms. The van der Waals surface area contributed by atoms with Gasteiger partial charge >= 0.3 is 0 Å². The van der Waals surface area contributed by atoms with E-state index < -0.39 is 0 Å². The second-order valence-corrected chi connectivity index (χ2v) is 8.91. The van der Waals surface area contributed by atoms with Gasteiger partial charge in [0.05, 0.1) is 26.3 Å². The number of carbonyl (C=O) groups excluding carboxylic acids is 2. The van der Waals surface area contributed by atoms with E-state index in [0.717, 1.165) is 34.7 Å². The molecule has 0 unspecified atom stereocenters. The lowest BCUT2D eigenvalue weighted by molar-refractivity contribution is -0.122. The van der Waals surface area contributed by atoms with Gasteiger partial charge in [0.1, 0.15) is 12.4 Å². The van der Waals surface area contributed by atoms with Crippen LogP contribution >= 0.6 is 11.8 Å². The first-order chi connectivity index (χ1) is 16.6. The molecular weight excluding hydrogens is 452 g/mol. The van der Waals surface area contributed by atoms with Crippen LogP contribution in [0.2, 0.25) is 0 Å². The second-order valence-electron chi connectivity index (χ2n) is 7.92. The highest BCUT2D eigenvalue weighted by molar-refractivity contribution is 7.98. The minimum atomic E-state index is -0.183. The smallest absolute Gasteiger partial charge is 0.241 e. The van der Waals surface area contributed by atoms with Gasteiger partial charge in [0, 0.05) is 23.6 Å². The Labute approximate surface area is 203 Å². The third kappa shape index (κ3) is 5.72. The third-order valence-electron chi connectivity index (χ3n) is 5.56. The van der Waals surface area contributed by atoms with Crippen LogP contribution in [0.4, 0.5) is 5.82 Å². The summed E-state index contributed by atoms with van der Waals surface area (Å²) in [6.07, 6.45) is 0.921. The maximum absolute atomic E-state index is 12.9. The Morgan fingerprint density at radius 3 is 2.56 bits per heavy atom. The van der Waals surface area contributed by atoms with E-state index in [0.29, 0.717) is 23.9 Å². The topological polar surface area (TPSA) is 94.5 Å². The number of nitrogens with one attached hydrogen (secondary N) is 2. The molecule has 178 valence electrons. The monoisotopic (exact) mass is 480 g/mol. The van der Waals surface area contributed by atoms with Crippen LogP contribution in [0.3, 0.4) is 0 Å². The molecule has 0 fully saturated rings. The summed E-state index contributed by atoms with van der Waals surface area (Å²) in [7, 11) is 3.13. The molecule has 34 heavy (non-hydrogen) atoms. The molecule has 0 saturated heterocycles. The van der Waals surface area contributed by atoms with E-state index in [-0.39, 0.29) is 24.8 Å². The molecule has 3 aromatic rings. The highest BCUT2D eigenvalue weighted by Crippen LogP contribution is 2.35.